The number of anilines is 2. The van der Waals surface area contributed by atoms with Gasteiger partial charge in [-0.2, -0.15) is 0 Å². The Bertz CT molecular complexity index is 556. The minimum absolute atomic E-state index is 0.0725. The molecule has 1 aromatic carbocycles. The summed E-state index contributed by atoms with van der Waals surface area (Å²) in [6.45, 7) is 4.83. The van der Waals surface area contributed by atoms with Crippen LogP contribution >= 0.6 is 0 Å². The van der Waals surface area contributed by atoms with Crippen LogP contribution in [0.25, 0.3) is 0 Å². The van der Waals surface area contributed by atoms with Crippen molar-refractivity contribution in [1.29, 1.82) is 0 Å². The molecule has 0 aliphatic rings. The summed E-state index contributed by atoms with van der Waals surface area (Å²) in [5, 5.41) is 12.2. The zero-order valence-electron chi connectivity index (χ0n) is 12.1. The summed E-state index contributed by atoms with van der Waals surface area (Å²) in [4.78, 5) is 0.137. The Morgan fingerprint density at radius 2 is 2.00 bits per heavy atom. The first-order chi connectivity index (χ1) is 9.22. The van der Waals surface area contributed by atoms with Gasteiger partial charge in [0.05, 0.1) is 16.3 Å². The fourth-order valence-electron chi connectivity index (χ4n) is 1.71. The largest absolute Gasteiger partial charge is 0.397 e. The molecule has 1 aromatic rings. The fraction of sp³-hybridized carbons (Fsp3) is 0.538. The molecule has 0 aliphatic heterocycles. The number of rotatable bonds is 7. The number of hydrogen-bond acceptors (Lipinski definition) is 5. The molecule has 7 heteroatoms. The molecule has 0 aromatic heterocycles. The van der Waals surface area contributed by atoms with E-state index in [4.69, 9.17) is 10.8 Å². The summed E-state index contributed by atoms with van der Waals surface area (Å²) in [5.74, 6) is 0. The Hall–Kier alpha value is -1.31. The van der Waals surface area contributed by atoms with Crippen molar-refractivity contribution in [1.82, 2.24) is 4.72 Å². The smallest absolute Gasteiger partial charge is 0.240 e. The molecular formula is C13H23N3O3S. The summed E-state index contributed by atoms with van der Waals surface area (Å²) in [7, 11) is -2.12. The van der Waals surface area contributed by atoms with E-state index in [-0.39, 0.29) is 16.9 Å². The van der Waals surface area contributed by atoms with Gasteiger partial charge >= 0.3 is 0 Å². The molecule has 0 aliphatic carbocycles. The highest BCUT2D eigenvalue weighted by atomic mass is 32.2. The summed E-state index contributed by atoms with van der Waals surface area (Å²) in [6, 6.07) is 4.57. The fourth-order valence-corrected chi connectivity index (χ4v) is 2.48. The van der Waals surface area contributed by atoms with Crippen molar-refractivity contribution >= 4 is 21.4 Å². The van der Waals surface area contributed by atoms with Crippen molar-refractivity contribution in [2.24, 2.45) is 5.41 Å². The van der Waals surface area contributed by atoms with Crippen LogP contribution in [0.2, 0.25) is 0 Å². The molecule has 0 saturated heterocycles. The maximum Gasteiger partial charge on any atom is 0.240 e. The van der Waals surface area contributed by atoms with Crippen molar-refractivity contribution in [3.8, 4) is 0 Å². The summed E-state index contributed by atoms with van der Waals surface area (Å²) < 4.78 is 25.5. The van der Waals surface area contributed by atoms with Gasteiger partial charge in [-0.3, -0.25) is 0 Å². The van der Waals surface area contributed by atoms with Crippen LogP contribution in [0, 0.1) is 5.41 Å². The average Bonchev–Trinajstić information content (AvgIpc) is 2.37. The third-order valence-corrected chi connectivity index (χ3v) is 4.56. The molecule has 0 radical (unpaired) electrons. The standard InChI is InChI=1S/C13H23N3O3S/c1-13(2,6-7-17)9-16-12-5-4-10(8-11(12)14)20(18,19)15-3/h4-5,8,15-17H,6-7,9,14H2,1-3H3. The van der Waals surface area contributed by atoms with Crippen LogP contribution in [0.5, 0.6) is 0 Å². The van der Waals surface area contributed by atoms with Crippen molar-refractivity contribution in [2.45, 2.75) is 25.2 Å². The molecule has 0 heterocycles. The number of aliphatic hydroxyl groups excluding tert-OH is 1. The quantitative estimate of drug-likeness (QED) is 0.562. The molecule has 0 spiro atoms. The van der Waals surface area contributed by atoms with Crippen LogP contribution in [-0.2, 0) is 10.0 Å². The molecule has 6 nitrogen and oxygen atoms in total. The topological polar surface area (TPSA) is 104 Å². The number of nitrogen functional groups attached to an aromatic ring is 1. The molecule has 0 unspecified atom stereocenters. The van der Waals surface area contributed by atoms with Crippen LogP contribution in [0.15, 0.2) is 23.1 Å². The van der Waals surface area contributed by atoms with E-state index >= 15 is 0 Å². The van der Waals surface area contributed by atoms with Crippen LogP contribution in [0.1, 0.15) is 20.3 Å². The number of nitrogens with one attached hydrogen (secondary N) is 2. The predicted molar refractivity (Wildman–Crippen MR) is 81.1 cm³/mol. The molecule has 0 amide bonds. The van der Waals surface area contributed by atoms with E-state index in [1.165, 1.54) is 19.2 Å². The molecule has 0 bridgehead atoms. The lowest BCUT2D eigenvalue weighted by molar-refractivity contribution is 0.220. The Balaban J connectivity index is 2.85. The first kappa shape index (κ1) is 16.7. The van der Waals surface area contributed by atoms with Crippen molar-refractivity contribution < 1.29 is 13.5 Å². The van der Waals surface area contributed by atoms with E-state index in [1.54, 1.807) is 6.07 Å². The Labute approximate surface area is 120 Å². The zero-order valence-corrected chi connectivity index (χ0v) is 12.9. The second-order valence-electron chi connectivity index (χ2n) is 5.45. The lowest BCUT2D eigenvalue weighted by Gasteiger charge is -2.25. The average molecular weight is 301 g/mol. The van der Waals surface area contributed by atoms with Gasteiger partial charge in [-0.05, 0) is 37.1 Å². The molecule has 1 rings (SSSR count). The molecule has 20 heavy (non-hydrogen) atoms. The van der Waals surface area contributed by atoms with Gasteiger partial charge in [0, 0.05) is 13.2 Å². The number of hydrogen-bond donors (Lipinski definition) is 4. The third kappa shape index (κ3) is 4.36. The first-order valence-corrected chi connectivity index (χ1v) is 7.88. The maximum atomic E-state index is 11.7. The van der Waals surface area contributed by atoms with Crippen molar-refractivity contribution in [2.75, 3.05) is 31.2 Å². The molecule has 0 saturated carbocycles. The second-order valence-corrected chi connectivity index (χ2v) is 7.33. The number of benzene rings is 1. The van der Waals surface area contributed by atoms with Gasteiger partial charge in [-0.1, -0.05) is 13.8 Å². The van der Waals surface area contributed by atoms with Gasteiger partial charge in [0.25, 0.3) is 0 Å². The SMILES string of the molecule is CNS(=O)(=O)c1ccc(NCC(C)(C)CCO)c(N)c1. The van der Waals surface area contributed by atoms with Crippen molar-refractivity contribution in [3.05, 3.63) is 18.2 Å². The first-order valence-electron chi connectivity index (χ1n) is 6.40. The molecule has 0 atom stereocenters. The molecule has 114 valence electrons. The van der Waals surface area contributed by atoms with Gasteiger partial charge in [-0.15, -0.1) is 0 Å². The normalized spacial score (nSPS) is 12.4. The Morgan fingerprint density at radius 1 is 1.35 bits per heavy atom. The summed E-state index contributed by atoms with van der Waals surface area (Å²) >= 11 is 0. The van der Waals surface area contributed by atoms with Crippen molar-refractivity contribution in [3.63, 3.8) is 0 Å². The zero-order chi connectivity index (χ0) is 15.4. The monoisotopic (exact) mass is 301 g/mol. The van der Waals surface area contributed by atoms with Crippen LogP contribution in [0.3, 0.4) is 0 Å². The highest BCUT2D eigenvalue weighted by Gasteiger charge is 2.18. The van der Waals surface area contributed by atoms with Gasteiger partial charge in [-0.25, -0.2) is 13.1 Å². The highest BCUT2D eigenvalue weighted by Crippen LogP contribution is 2.25. The Morgan fingerprint density at radius 3 is 2.50 bits per heavy atom. The second kappa shape index (κ2) is 6.43. The third-order valence-electron chi connectivity index (χ3n) is 3.15. The summed E-state index contributed by atoms with van der Waals surface area (Å²) in [6.07, 6.45) is 0.673. The minimum Gasteiger partial charge on any atom is -0.397 e. The van der Waals surface area contributed by atoms with Crippen LogP contribution < -0.4 is 15.8 Å². The lowest BCUT2D eigenvalue weighted by atomic mass is 9.89. The highest BCUT2D eigenvalue weighted by molar-refractivity contribution is 7.89. The van der Waals surface area contributed by atoms with Gasteiger partial charge in [0.1, 0.15) is 0 Å². The lowest BCUT2D eigenvalue weighted by Crippen LogP contribution is -2.24. The molecule has 0 fully saturated rings. The molecular weight excluding hydrogens is 278 g/mol. The van der Waals surface area contributed by atoms with E-state index in [9.17, 15) is 8.42 Å². The van der Waals surface area contributed by atoms with Gasteiger partial charge in [0.15, 0.2) is 0 Å². The number of aliphatic hydroxyl groups is 1. The van der Waals surface area contributed by atoms with E-state index in [0.717, 1.165) is 0 Å². The predicted octanol–water partition coefficient (Wildman–Crippen LogP) is 0.997. The van der Waals surface area contributed by atoms with E-state index in [1.807, 2.05) is 13.8 Å². The maximum absolute atomic E-state index is 11.7. The van der Waals surface area contributed by atoms with Gasteiger partial charge in [0.2, 0.25) is 10.0 Å². The summed E-state index contributed by atoms with van der Waals surface area (Å²) in [5.41, 5.74) is 6.86. The minimum atomic E-state index is -3.48. The Kier molecular flexibility index (Phi) is 5.38. The van der Waals surface area contributed by atoms with Gasteiger partial charge < -0.3 is 16.2 Å². The van der Waals surface area contributed by atoms with Crippen LogP contribution in [-0.4, -0.2) is 33.7 Å². The number of sulfonamides is 1. The van der Waals surface area contributed by atoms with E-state index < -0.39 is 10.0 Å². The van der Waals surface area contributed by atoms with Crippen LogP contribution in [0.4, 0.5) is 11.4 Å². The van der Waals surface area contributed by atoms with E-state index in [0.29, 0.717) is 24.3 Å². The molecule has 5 N–H and O–H groups in total. The number of nitrogens with two attached hydrogens (primary N) is 1. The van der Waals surface area contributed by atoms with E-state index in [2.05, 4.69) is 10.0 Å².